The molecule has 0 bridgehead atoms. The zero-order valence-corrected chi connectivity index (χ0v) is 12.7. The quantitative estimate of drug-likeness (QED) is 0.837. The summed E-state index contributed by atoms with van der Waals surface area (Å²) in [5, 5.41) is 13.0. The summed E-state index contributed by atoms with van der Waals surface area (Å²) in [6.07, 6.45) is 7.91. The summed E-state index contributed by atoms with van der Waals surface area (Å²) < 4.78 is 0. The Kier molecular flexibility index (Phi) is 5.38. The van der Waals surface area contributed by atoms with Gasteiger partial charge in [-0.05, 0) is 44.7 Å². The molecule has 1 fully saturated rings. The third-order valence-electron chi connectivity index (χ3n) is 4.52. The van der Waals surface area contributed by atoms with E-state index in [1.165, 1.54) is 5.69 Å². The highest BCUT2D eigenvalue weighted by Crippen LogP contribution is 2.22. The molecule has 2 heterocycles. The van der Waals surface area contributed by atoms with Crippen LogP contribution < -0.4 is 10.2 Å². The SMILES string of the molecule is CCC(C)(CCO)NC1CCN(c2ccncc2)CC1. The predicted octanol–water partition coefficient (Wildman–Crippen LogP) is 2.19. The maximum Gasteiger partial charge on any atom is 0.0448 e. The van der Waals surface area contributed by atoms with Crippen LogP contribution >= 0.6 is 0 Å². The maximum atomic E-state index is 9.20. The Labute approximate surface area is 122 Å². The lowest BCUT2D eigenvalue weighted by Gasteiger charge is -2.39. The maximum absolute atomic E-state index is 9.20. The molecule has 4 heteroatoms. The van der Waals surface area contributed by atoms with Crippen molar-refractivity contribution in [2.45, 2.75) is 51.1 Å². The number of rotatable bonds is 6. The Hall–Kier alpha value is -1.13. The highest BCUT2D eigenvalue weighted by Gasteiger charge is 2.27. The molecule has 0 radical (unpaired) electrons. The summed E-state index contributed by atoms with van der Waals surface area (Å²) in [6, 6.07) is 4.72. The first-order valence-electron chi connectivity index (χ1n) is 7.70. The molecule has 4 nitrogen and oxygen atoms in total. The summed E-state index contributed by atoms with van der Waals surface area (Å²) in [4.78, 5) is 6.50. The summed E-state index contributed by atoms with van der Waals surface area (Å²) >= 11 is 0. The second kappa shape index (κ2) is 7.04. The van der Waals surface area contributed by atoms with Gasteiger partial charge in [-0.3, -0.25) is 4.98 Å². The molecule has 2 rings (SSSR count). The van der Waals surface area contributed by atoms with Gasteiger partial charge in [-0.15, -0.1) is 0 Å². The second-order valence-electron chi connectivity index (χ2n) is 6.00. The van der Waals surface area contributed by atoms with Gasteiger partial charge in [0.2, 0.25) is 0 Å². The number of nitrogens with zero attached hydrogens (tertiary/aromatic N) is 2. The van der Waals surface area contributed by atoms with Crippen molar-refractivity contribution in [3.63, 3.8) is 0 Å². The van der Waals surface area contributed by atoms with Gasteiger partial charge in [-0.1, -0.05) is 6.92 Å². The molecule has 1 aliphatic rings. The van der Waals surface area contributed by atoms with Crippen molar-refractivity contribution < 1.29 is 5.11 Å². The summed E-state index contributed by atoms with van der Waals surface area (Å²) in [7, 11) is 0. The van der Waals surface area contributed by atoms with E-state index in [-0.39, 0.29) is 12.1 Å². The highest BCUT2D eigenvalue weighted by molar-refractivity contribution is 5.44. The Bertz CT molecular complexity index is 390. The third-order valence-corrected chi connectivity index (χ3v) is 4.52. The van der Waals surface area contributed by atoms with Crippen LogP contribution in [0.1, 0.15) is 39.5 Å². The first kappa shape index (κ1) is 15.3. The van der Waals surface area contributed by atoms with Gasteiger partial charge < -0.3 is 15.3 Å². The fourth-order valence-electron chi connectivity index (χ4n) is 2.93. The van der Waals surface area contributed by atoms with E-state index < -0.39 is 0 Å². The molecule has 1 aliphatic heterocycles. The van der Waals surface area contributed by atoms with Crippen LogP contribution in [0.3, 0.4) is 0 Å². The number of aliphatic hydroxyl groups excluding tert-OH is 1. The molecular weight excluding hydrogens is 250 g/mol. The van der Waals surface area contributed by atoms with Crippen LogP contribution in [0.5, 0.6) is 0 Å². The van der Waals surface area contributed by atoms with Crippen LogP contribution in [-0.4, -0.2) is 41.4 Å². The molecule has 2 N–H and O–H groups in total. The number of hydrogen-bond acceptors (Lipinski definition) is 4. The van der Waals surface area contributed by atoms with Crippen molar-refractivity contribution in [2.75, 3.05) is 24.6 Å². The molecule has 1 aromatic rings. The van der Waals surface area contributed by atoms with Gasteiger partial charge >= 0.3 is 0 Å². The van der Waals surface area contributed by atoms with Crippen LogP contribution in [-0.2, 0) is 0 Å². The molecule has 1 unspecified atom stereocenters. The minimum atomic E-state index is 0.0677. The minimum Gasteiger partial charge on any atom is -0.396 e. The fraction of sp³-hybridized carbons (Fsp3) is 0.688. The number of aromatic nitrogens is 1. The lowest BCUT2D eigenvalue weighted by Crippen LogP contribution is -2.52. The zero-order chi connectivity index (χ0) is 14.4. The molecule has 1 atom stereocenters. The Morgan fingerprint density at radius 1 is 1.35 bits per heavy atom. The Morgan fingerprint density at radius 3 is 2.55 bits per heavy atom. The largest absolute Gasteiger partial charge is 0.396 e. The second-order valence-corrected chi connectivity index (χ2v) is 6.00. The van der Waals surface area contributed by atoms with E-state index in [9.17, 15) is 5.11 Å². The smallest absolute Gasteiger partial charge is 0.0448 e. The fourth-order valence-corrected chi connectivity index (χ4v) is 2.93. The molecule has 0 spiro atoms. The minimum absolute atomic E-state index is 0.0677. The van der Waals surface area contributed by atoms with Gasteiger partial charge in [0.15, 0.2) is 0 Å². The first-order chi connectivity index (χ1) is 9.67. The van der Waals surface area contributed by atoms with Crippen LogP contribution in [0.2, 0.25) is 0 Å². The molecule has 112 valence electrons. The van der Waals surface area contributed by atoms with Gasteiger partial charge in [-0.2, -0.15) is 0 Å². The summed E-state index contributed by atoms with van der Waals surface area (Å²) in [5.41, 5.74) is 1.34. The van der Waals surface area contributed by atoms with Crippen molar-refractivity contribution in [2.24, 2.45) is 0 Å². The molecule has 0 amide bonds. The molecule has 0 aliphatic carbocycles. The zero-order valence-electron chi connectivity index (χ0n) is 12.7. The van der Waals surface area contributed by atoms with Crippen LogP contribution in [0.15, 0.2) is 24.5 Å². The number of pyridine rings is 1. The third kappa shape index (κ3) is 3.93. The molecule has 0 aromatic carbocycles. The normalized spacial score (nSPS) is 19.9. The number of hydrogen-bond donors (Lipinski definition) is 2. The molecule has 1 aromatic heterocycles. The molecule has 20 heavy (non-hydrogen) atoms. The Balaban J connectivity index is 1.85. The summed E-state index contributed by atoms with van der Waals surface area (Å²) in [6.45, 7) is 6.83. The van der Waals surface area contributed by atoms with Crippen molar-refractivity contribution >= 4 is 5.69 Å². The molecular formula is C16H27N3O. The standard InChI is InChI=1S/C16H27N3O/c1-3-16(2,8-13-20)18-14-6-11-19(12-7-14)15-4-9-17-10-5-15/h4-5,9-10,14,18,20H,3,6-8,11-13H2,1-2H3. The first-order valence-corrected chi connectivity index (χ1v) is 7.70. The highest BCUT2D eigenvalue weighted by atomic mass is 16.3. The van der Waals surface area contributed by atoms with E-state index >= 15 is 0 Å². The monoisotopic (exact) mass is 277 g/mol. The molecule has 1 saturated heterocycles. The van der Waals surface area contributed by atoms with Crippen molar-refractivity contribution in [1.82, 2.24) is 10.3 Å². The van der Waals surface area contributed by atoms with Gasteiger partial charge in [-0.25, -0.2) is 0 Å². The number of aliphatic hydroxyl groups is 1. The van der Waals surface area contributed by atoms with E-state index in [0.717, 1.165) is 38.8 Å². The predicted molar refractivity (Wildman–Crippen MR) is 83.0 cm³/mol. The topological polar surface area (TPSA) is 48.4 Å². The van der Waals surface area contributed by atoms with Crippen molar-refractivity contribution in [3.8, 4) is 0 Å². The van der Waals surface area contributed by atoms with E-state index in [0.29, 0.717) is 6.04 Å². The van der Waals surface area contributed by atoms with Gasteiger partial charge in [0.05, 0.1) is 0 Å². The molecule has 0 saturated carbocycles. The lowest BCUT2D eigenvalue weighted by atomic mass is 9.91. The van der Waals surface area contributed by atoms with E-state index in [2.05, 4.69) is 41.2 Å². The van der Waals surface area contributed by atoms with Crippen LogP contribution in [0.4, 0.5) is 5.69 Å². The summed E-state index contributed by atoms with van der Waals surface area (Å²) in [5.74, 6) is 0. The van der Waals surface area contributed by atoms with E-state index in [4.69, 9.17) is 0 Å². The van der Waals surface area contributed by atoms with Crippen LogP contribution in [0.25, 0.3) is 0 Å². The van der Waals surface area contributed by atoms with E-state index in [1.807, 2.05) is 12.4 Å². The van der Waals surface area contributed by atoms with Crippen LogP contribution in [0, 0.1) is 0 Å². The van der Waals surface area contributed by atoms with Gasteiger partial charge in [0.25, 0.3) is 0 Å². The van der Waals surface area contributed by atoms with Crippen molar-refractivity contribution in [1.29, 1.82) is 0 Å². The van der Waals surface area contributed by atoms with Gasteiger partial charge in [0.1, 0.15) is 0 Å². The van der Waals surface area contributed by atoms with E-state index in [1.54, 1.807) is 0 Å². The number of piperidine rings is 1. The van der Waals surface area contributed by atoms with Gasteiger partial charge in [0, 0.05) is 49.4 Å². The average molecular weight is 277 g/mol. The number of nitrogens with one attached hydrogen (secondary N) is 1. The number of anilines is 1. The van der Waals surface area contributed by atoms with Crippen molar-refractivity contribution in [3.05, 3.63) is 24.5 Å². The lowest BCUT2D eigenvalue weighted by molar-refractivity contribution is 0.194. The average Bonchev–Trinajstić information content (AvgIpc) is 2.49. The Morgan fingerprint density at radius 2 is 2.00 bits per heavy atom.